The van der Waals surface area contributed by atoms with E-state index < -0.39 is 6.10 Å². The lowest BCUT2D eigenvalue weighted by atomic mass is 10.1. The van der Waals surface area contributed by atoms with Gasteiger partial charge < -0.3 is 24.0 Å². The van der Waals surface area contributed by atoms with Gasteiger partial charge in [0.2, 0.25) is 5.91 Å². The predicted octanol–water partition coefficient (Wildman–Crippen LogP) is 4.01. The van der Waals surface area contributed by atoms with E-state index in [9.17, 15) is 9.90 Å². The largest absolute Gasteiger partial charge is 0.493 e. The fraction of sp³-hybridized carbons (Fsp3) is 0.259. The topological polar surface area (TPSA) is 76.8 Å². The van der Waals surface area contributed by atoms with Crippen LogP contribution in [0.1, 0.15) is 18.2 Å². The Hall–Kier alpha value is -3.84. The number of fused-ring (bicyclic) bond motifs is 1. The normalized spacial score (nSPS) is 16.7. The Bertz CT molecular complexity index is 1290. The molecule has 0 radical (unpaired) electrons. The highest BCUT2D eigenvalue weighted by molar-refractivity contribution is 5.96. The molecule has 1 saturated heterocycles. The molecule has 7 nitrogen and oxygen atoms in total. The van der Waals surface area contributed by atoms with E-state index in [4.69, 9.17) is 14.5 Å². The van der Waals surface area contributed by atoms with Crippen molar-refractivity contribution in [3.8, 4) is 11.5 Å². The quantitative estimate of drug-likeness (QED) is 0.433. The second-order valence-corrected chi connectivity index (χ2v) is 8.43. The first kappa shape index (κ1) is 22.0. The highest BCUT2D eigenvalue weighted by atomic mass is 16.5. The number of imidazole rings is 1. The average Bonchev–Trinajstić information content (AvgIpc) is 3.44. The SMILES string of the molecule is COc1ccccc1OC[C@@H](O)Cn1c([C@H]2CC(=O)N(c3ccccc3)C2)nc2ccccc21. The van der Waals surface area contributed by atoms with Crippen molar-refractivity contribution >= 4 is 22.6 Å². The van der Waals surface area contributed by atoms with Gasteiger partial charge in [0.1, 0.15) is 18.5 Å². The van der Waals surface area contributed by atoms with Gasteiger partial charge in [0.15, 0.2) is 11.5 Å². The molecule has 0 spiro atoms. The Balaban J connectivity index is 1.38. The molecule has 34 heavy (non-hydrogen) atoms. The molecular weight excluding hydrogens is 430 g/mol. The van der Waals surface area contributed by atoms with Gasteiger partial charge in [0.05, 0.1) is 24.7 Å². The number of aromatic nitrogens is 2. The Labute approximate surface area is 198 Å². The fourth-order valence-corrected chi connectivity index (χ4v) is 4.52. The summed E-state index contributed by atoms with van der Waals surface area (Å²) in [5.41, 5.74) is 2.67. The molecule has 1 fully saturated rings. The van der Waals surface area contributed by atoms with Crippen molar-refractivity contribution in [3.63, 3.8) is 0 Å². The van der Waals surface area contributed by atoms with Gasteiger partial charge in [-0.3, -0.25) is 4.79 Å². The van der Waals surface area contributed by atoms with E-state index in [1.165, 1.54) is 0 Å². The number of aliphatic hydroxyl groups is 1. The van der Waals surface area contributed by atoms with Crippen LogP contribution in [0, 0.1) is 0 Å². The number of aliphatic hydroxyl groups excluding tert-OH is 1. The molecule has 1 amide bonds. The summed E-state index contributed by atoms with van der Waals surface area (Å²) >= 11 is 0. The number of carbonyl (C=O) groups is 1. The van der Waals surface area contributed by atoms with E-state index in [1.54, 1.807) is 7.11 Å². The minimum absolute atomic E-state index is 0.0672. The van der Waals surface area contributed by atoms with Gasteiger partial charge in [-0.25, -0.2) is 4.98 Å². The van der Waals surface area contributed by atoms with Crippen molar-refractivity contribution in [2.45, 2.75) is 25.0 Å². The zero-order chi connectivity index (χ0) is 23.5. The van der Waals surface area contributed by atoms with E-state index >= 15 is 0 Å². The molecule has 2 heterocycles. The molecule has 0 bridgehead atoms. The lowest BCUT2D eigenvalue weighted by Gasteiger charge is -2.19. The summed E-state index contributed by atoms with van der Waals surface area (Å²) in [5.74, 6) is 2.02. The first-order chi connectivity index (χ1) is 16.6. The maximum atomic E-state index is 12.8. The highest BCUT2D eigenvalue weighted by Gasteiger charge is 2.35. The van der Waals surface area contributed by atoms with E-state index in [2.05, 4.69) is 0 Å². The third-order valence-corrected chi connectivity index (χ3v) is 6.14. The monoisotopic (exact) mass is 457 g/mol. The second-order valence-electron chi connectivity index (χ2n) is 8.43. The molecule has 7 heteroatoms. The first-order valence-corrected chi connectivity index (χ1v) is 11.4. The fourth-order valence-electron chi connectivity index (χ4n) is 4.52. The Morgan fingerprint density at radius 3 is 2.50 bits per heavy atom. The first-order valence-electron chi connectivity index (χ1n) is 11.4. The minimum Gasteiger partial charge on any atom is -0.493 e. The van der Waals surface area contributed by atoms with Crippen LogP contribution in [-0.4, -0.2) is 46.9 Å². The third-order valence-electron chi connectivity index (χ3n) is 6.14. The zero-order valence-electron chi connectivity index (χ0n) is 19.0. The number of benzene rings is 3. The van der Waals surface area contributed by atoms with Gasteiger partial charge in [-0.15, -0.1) is 0 Å². The summed E-state index contributed by atoms with van der Waals surface area (Å²) in [4.78, 5) is 19.5. The number of methoxy groups -OCH3 is 1. The maximum absolute atomic E-state index is 12.8. The van der Waals surface area contributed by atoms with Crippen LogP contribution < -0.4 is 14.4 Å². The molecule has 0 aliphatic carbocycles. The van der Waals surface area contributed by atoms with Crippen molar-refractivity contribution in [2.24, 2.45) is 0 Å². The van der Waals surface area contributed by atoms with Crippen LogP contribution in [0.5, 0.6) is 11.5 Å². The lowest BCUT2D eigenvalue weighted by molar-refractivity contribution is -0.117. The van der Waals surface area contributed by atoms with Crippen molar-refractivity contribution in [3.05, 3.63) is 84.7 Å². The van der Waals surface area contributed by atoms with Crippen LogP contribution in [0.25, 0.3) is 11.0 Å². The number of para-hydroxylation sites is 5. The number of anilines is 1. The molecule has 0 saturated carbocycles. The van der Waals surface area contributed by atoms with Gasteiger partial charge >= 0.3 is 0 Å². The Morgan fingerprint density at radius 2 is 1.71 bits per heavy atom. The highest BCUT2D eigenvalue weighted by Crippen LogP contribution is 2.33. The molecule has 1 aromatic heterocycles. The molecule has 5 rings (SSSR count). The van der Waals surface area contributed by atoms with Gasteiger partial charge in [0, 0.05) is 24.6 Å². The molecule has 4 aromatic rings. The summed E-state index contributed by atoms with van der Waals surface area (Å²) < 4.78 is 13.2. The molecule has 1 aliphatic rings. The number of nitrogens with zero attached hydrogens (tertiary/aromatic N) is 3. The van der Waals surface area contributed by atoms with Crippen LogP contribution in [0.3, 0.4) is 0 Å². The van der Waals surface area contributed by atoms with E-state index in [0.29, 0.717) is 31.0 Å². The van der Waals surface area contributed by atoms with Gasteiger partial charge in [-0.05, 0) is 36.4 Å². The molecule has 0 unspecified atom stereocenters. The number of amides is 1. The van der Waals surface area contributed by atoms with Crippen molar-refractivity contribution in [1.29, 1.82) is 0 Å². The Morgan fingerprint density at radius 1 is 1.00 bits per heavy atom. The third kappa shape index (κ3) is 4.34. The molecular formula is C27H27N3O4. The van der Waals surface area contributed by atoms with Crippen LogP contribution in [0.4, 0.5) is 5.69 Å². The summed E-state index contributed by atoms with van der Waals surface area (Å²) in [5, 5.41) is 10.9. The molecule has 3 aromatic carbocycles. The lowest BCUT2D eigenvalue weighted by Crippen LogP contribution is -2.26. The summed E-state index contributed by atoms with van der Waals surface area (Å²) in [6.45, 7) is 0.965. The van der Waals surface area contributed by atoms with Gasteiger partial charge in [-0.1, -0.05) is 42.5 Å². The standard InChI is InChI=1S/C27H27N3O4/c1-33-24-13-7-8-14-25(24)34-18-21(31)17-30-23-12-6-5-11-22(23)28-27(30)19-15-26(32)29(16-19)20-9-3-2-4-10-20/h2-14,19,21,31H,15-18H2,1H3/t19-,21-/m0/s1. The predicted molar refractivity (Wildman–Crippen MR) is 130 cm³/mol. The second kappa shape index (κ2) is 9.57. The number of carbonyl (C=O) groups excluding carboxylic acids is 1. The van der Waals surface area contributed by atoms with E-state index in [-0.39, 0.29) is 18.4 Å². The van der Waals surface area contributed by atoms with Crippen LogP contribution in [-0.2, 0) is 11.3 Å². The Kier molecular flexibility index (Phi) is 6.18. The van der Waals surface area contributed by atoms with E-state index in [0.717, 1.165) is 22.5 Å². The van der Waals surface area contributed by atoms with Crippen LogP contribution in [0.15, 0.2) is 78.9 Å². The number of ether oxygens (including phenoxy) is 2. The zero-order valence-corrected chi connectivity index (χ0v) is 19.0. The molecule has 1 N–H and O–H groups in total. The van der Waals surface area contributed by atoms with E-state index in [1.807, 2.05) is 88.3 Å². The summed E-state index contributed by atoms with van der Waals surface area (Å²) in [6.07, 6.45) is -0.393. The molecule has 174 valence electrons. The van der Waals surface area contributed by atoms with Crippen LogP contribution >= 0.6 is 0 Å². The average molecular weight is 458 g/mol. The van der Waals surface area contributed by atoms with Crippen LogP contribution in [0.2, 0.25) is 0 Å². The molecule has 2 atom stereocenters. The summed E-state index contributed by atoms with van der Waals surface area (Å²) in [7, 11) is 1.59. The summed E-state index contributed by atoms with van der Waals surface area (Å²) in [6, 6.07) is 24.9. The maximum Gasteiger partial charge on any atom is 0.227 e. The smallest absolute Gasteiger partial charge is 0.227 e. The van der Waals surface area contributed by atoms with Crippen molar-refractivity contribution in [1.82, 2.24) is 9.55 Å². The minimum atomic E-state index is -0.774. The van der Waals surface area contributed by atoms with Crippen molar-refractivity contribution < 1.29 is 19.4 Å². The van der Waals surface area contributed by atoms with Gasteiger partial charge in [0.25, 0.3) is 0 Å². The molecule has 1 aliphatic heterocycles. The van der Waals surface area contributed by atoms with Crippen molar-refractivity contribution in [2.75, 3.05) is 25.2 Å². The number of hydrogen-bond acceptors (Lipinski definition) is 5. The number of hydrogen-bond donors (Lipinski definition) is 1. The number of rotatable bonds is 8. The van der Waals surface area contributed by atoms with Gasteiger partial charge in [-0.2, -0.15) is 0 Å².